The molecule has 0 bridgehead atoms. The first-order valence-electron chi connectivity index (χ1n) is 6.86. The van der Waals surface area contributed by atoms with Crippen molar-refractivity contribution in [2.75, 3.05) is 0 Å². The SMILES string of the molecule is CC(C)c1ccc2c(n1)CCC(C(C)(C)C)C2. The first-order chi connectivity index (χ1) is 7.88. The van der Waals surface area contributed by atoms with Gasteiger partial charge in [-0.3, -0.25) is 4.98 Å². The molecule has 0 saturated heterocycles. The first kappa shape index (κ1) is 12.6. The number of aryl methyl sites for hydroxylation is 1. The van der Waals surface area contributed by atoms with Crippen LogP contribution in [0.3, 0.4) is 0 Å². The molecule has 0 N–H and O–H groups in total. The Balaban J connectivity index is 2.23. The van der Waals surface area contributed by atoms with Crippen molar-refractivity contribution < 1.29 is 0 Å². The van der Waals surface area contributed by atoms with Crippen LogP contribution in [-0.4, -0.2) is 4.98 Å². The van der Waals surface area contributed by atoms with E-state index < -0.39 is 0 Å². The standard InChI is InChI=1S/C16H25N/c1-11(2)14-8-6-12-10-13(16(3,4)5)7-9-15(12)17-14/h6,8,11,13H,7,9-10H2,1-5H3. The van der Waals surface area contributed by atoms with E-state index in [1.807, 2.05) is 0 Å². The lowest BCUT2D eigenvalue weighted by Gasteiger charge is -2.34. The number of hydrogen-bond acceptors (Lipinski definition) is 1. The van der Waals surface area contributed by atoms with Gasteiger partial charge >= 0.3 is 0 Å². The normalized spacial score (nSPS) is 20.5. The zero-order valence-corrected chi connectivity index (χ0v) is 11.9. The second-order valence-electron chi connectivity index (χ2n) is 6.80. The number of hydrogen-bond donors (Lipinski definition) is 0. The highest BCUT2D eigenvalue weighted by molar-refractivity contribution is 5.27. The fourth-order valence-corrected chi connectivity index (χ4v) is 2.69. The average molecular weight is 231 g/mol. The van der Waals surface area contributed by atoms with E-state index in [0.717, 1.165) is 12.3 Å². The molecule has 0 aromatic carbocycles. The molecule has 2 rings (SSSR count). The minimum Gasteiger partial charge on any atom is -0.257 e. The van der Waals surface area contributed by atoms with Crippen molar-refractivity contribution in [3.63, 3.8) is 0 Å². The largest absolute Gasteiger partial charge is 0.257 e. The third-order valence-corrected chi connectivity index (χ3v) is 4.10. The van der Waals surface area contributed by atoms with E-state index in [0.29, 0.717) is 11.3 Å². The Morgan fingerprint density at radius 3 is 2.53 bits per heavy atom. The van der Waals surface area contributed by atoms with Crippen molar-refractivity contribution in [2.24, 2.45) is 11.3 Å². The monoisotopic (exact) mass is 231 g/mol. The van der Waals surface area contributed by atoms with Crippen LogP contribution in [-0.2, 0) is 12.8 Å². The minimum atomic E-state index is 0.425. The molecular weight excluding hydrogens is 206 g/mol. The summed E-state index contributed by atoms with van der Waals surface area (Å²) in [6.07, 6.45) is 3.67. The topological polar surface area (TPSA) is 12.9 Å². The summed E-state index contributed by atoms with van der Waals surface area (Å²) in [6, 6.07) is 4.53. The van der Waals surface area contributed by atoms with E-state index in [4.69, 9.17) is 4.98 Å². The lowest BCUT2D eigenvalue weighted by atomic mass is 9.71. The lowest BCUT2D eigenvalue weighted by molar-refractivity contribution is 0.214. The van der Waals surface area contributed by atoms with E-state index in [9.17, 15) is 0 Å². The van der Waals surface area contributed by atoms with Crippen molar-refractivity contribution in [1.29, 1.82) is 0 Å². The summed E-state index contributed by atoms with van der Waals surface area (Å²) in [4.78, 5) is 4.83. The zero-order valence-electron chi connectivity index (χ0n) is 11.9. The van der Waals surface area contributed by atoms with Crippen LogP contribution in [0.2, 0.25) is 0 Å². The summed E-state index contributed by atoms with van der Waals surface area (Å²) in [6.45, 7) is 11.5. The minimum absolute atomic E-state index is 0.425. The molecule has 1 nitrogen and oxygen atoms in total. The Morgan fingerprint density at radius 1 is 1.24 bits per heavy atom. The van der Waals surface area contributed by atoms with Crippen LogP contribution < -0.4 is 0 Å². The molecule has 0 saturated carbocycles. The Hall–Kier alpha value is -0.850. The fourth-order valence-electron chi connectivity index (χ4n) is 2.69. The molecule has 1 atom stereocenters. The molecule has 1 unspecified atom stereocenters. The highest BCUT2D eigenvalue weighted by Gasteiger charge is 2.29. The Bertz CT molecular complexity index is 398. The molecular formula is C16H25N. The molecule has 1 aromatic heterocycles. The van der Waals surface area contributed by atoms with Crippen LogP contribution in [0, 0.1) is 11.3 Å². The summed E-state index contributed by atoms with van der Waals surface area (Å²) in [5, 5.41) is 0. The molecule has 0 aliphatic heterocycles. The highest BCUT2D eigenvalue weighted by Crippen LogP contribution is 2.36. The Morgan fingerprint density at radius 2 is 1.94 bits per heavy atom. The van der Waals surface area contributed by atoms with Gasteiger partial charge in [0.25, 0.3) is 0 Å². The predicted octanol–water partition coefficient (Wildman–Crippen LogP) is 4.36. The van der Waals surface area contributed by atoms with Crippen LogP contribution in [0.25, 0.3) is 0 Å². The van der Waals surface area contributed by atoms with Crippen LogP contribution in [0.1, 0.15) is 63.9 Å². The van der Waals surface area contributed by atoms with Crippen LogP contribution in [0.4, 0.5) is 0 Å². The number of rotatable bonds is 1. The van der Waals surface area contributed by atoms with Crippen molar-refractivity contribution in [1.82, 2.24) is 4.98 Å². The van der Waals surface area contributed by atoms with Crippen molar-refractivity contribution >= 4 is 0 Å². The smallest absolute Gasteiger partial charge is 0.0439 e. The van der Waals surface area contributed by atoms with Gasteiger partial charge in [-0.15, -0.1) is 0 Å². The summed E-state index contributed by atoms with van der Waals surface area (Å²) < 4.78 is 0. The molecule has 0 spiro atoms. The number of aromatic nitrogens is 1. The van der Waals surface area contributed by atoms with E-state index in [2.05, 4.69) is 46.8 Å². The number of pyridine rings is 1. The predicted molar refractivity (Wildman–Crippen MR) is 73.3 cm³/mol. The maximum atomic E-state index is 4.83. The van der Waals surface area contributed by atoms with Crippen molar-refractivity contribution in [3.05, 3.63) is 29.1 Å². The van der Waals surface area contributed by atoms with E-state index in [1.54, 1.807) is 0 Å². The molecule has 1 aliphatic rings. The van der Waals surface area contributed by atoms with Gasteiger partial charge < -0.3 is 0 Å². The Kier molecular flexibility index (Phi) is 3.29. The highest BCUT2D eigenvalue weighted by atomic mass is 14.7. The Labute approximate surface area is 106 Å². The number of fused-ring (bicyclic) bond motifs is 1. The summed E-state index contributed by atoms with van der Waals surface area (Å²) in [7, 11) is 0. The van der Waals surface area contributed by atoms with Crippen molar-refractivity contribution in [3.8, 4) is 0 Å². The third kappa shape index (κ3) is 2.70. The van der Waals surface area contributed by atoms with Crippen molar-refractivity contribution in [2.45, 2.75) is 59.8 Å². The molecule has 1 aromatic rings. The van der Waals surface area contributed by atoms with Gasteiger partial charge in [0, 0.05) is 11.4 Å². The molecule has 0 fully saturated rings. The first-order valence-corrected chi connectivity index (χ1v) is 6.86. The maximum absolute atomic E-state index is 4.83. The summed E-state index contributed by atoms with van der Waals surface area (Å²) in [5.41, 5.74) is 4.52. The second-order valence-corrected chi connectivity index (χ2v) is 6.80. The van der Waals surface area contributed by atoms with Gasteiger partial charge in [-0.25, -0.2) is 0 Å². The fraction of sp³-hybridized carbons (Fsp3) is 0.688. The van der Waals surface area contributed by atoms with Crippen LogP contribution in [0.5, 0.6) is 0 Å². The van der Waals surface area contributed by atoms with Gasteiger partial charge in [0.1, 0.15) is 0 Å². The molecule has 1 aliphatic carbocycles. The quantitative estimate of drug-likeness (QED) is 0.700. The lowest BCUT2D eigenvalue weighted by Crippen LogP contribution is -2.27. The van der Waals surface area contributed by atoms with E-state index >= 15 is 0 Å². The molecule has 0 amide bonds. The van der Waals surface area contributed by atoms with Gasteiger partial charge in [0.05, 0.1) is 0 Å². The third-order valence-electron chi connectivity index (χ3n) is 4.10. The van der Waals surface area contributed by atoms with Crippen LogP contribution >= 0.6 is 0 Å². The molecule has 94 valence electrons. The summed E-state index contributed by atoms with van der Waals surface area (Å²) >= 11 is 0. The van der Waals surface area contributed by atoms with Gasteiger partial charge in [-0.1, -0.05) is 40.7 Å². The maximum Gasteiger partial charge on any atom is 0.0439 e. The van der Waals surface area contributed by atoms with Gasteiger partial charge in [0.2, 0.25) is 0 Å². The molecule has 17 heavy (non-hydrogen) atoms. The van der Waals surface area contributed by atoms with E-state index in [1.165, 1.54) is 29.8 Å². The second kappa shape index (κ2) is 4.44. The van der Waals surface area contributed by atoms with Gasteiger partial charge in [-0.2, -0.15) is 0 Å². The summed E-state index contributed by atoms with van der Waals surface area (Å²) in [5.74, 6) is 1.35. The van der Waals surface area contributed by atoms with E-state index in [-0.39, 0.29) is 0 Å². The van der Waals surface area contributed by atoms with Crippen LogP contribution in [0.15, 0.2) is 12.1 Å². The average Bonchev–Trinajstić information content (AvgIpc) is 2.26. The molecule has 0 radical (unpaired) electrons. The van der Waals surface area contributed by atoms with Gasteiger partial charge in [-0.05, 0) is 48.1 Å². The number of nitrogens with zero attached hydrogens (tertiary/aromatic N) is 1. The molecule has 1 heterocycles. The zero-order chi connectivity index (χ0) is 12.6. The van der Waals surface area contributed by atoms with Gasteiger partial charge in [0.15, 0.2) is 0 Å². The molecule has 1 heteroatoms.